The summed E-state index contributed by atoms with van der Waals surface area (Å²) in [5, 5.41) is 11.7. The van der Waals surface area contributed by atoms with Gasteiger partial charge in [0, 0.05) is 19.3 Å². The molecule has 0 saturated carbocycles. The van der Waals surface area contributed by atoms with E-state index in [1.54, 1.807) is 12.1 Å². The topological polar surface area (TPSA) is 82.5 Å². The Morgan fingerprint density at radius 3 is 2.43 bits per heavy atom. The Morgan fingerprint density at radius 2 is 2.00 bits per heavy atom. The standard InChI is InChI=1S/C17H27N3O3/c1-5-9-20(6-2)15-8-7-13(11-18-15)16(21)19-14(17(22)23)10-12(3)4/h7-8,11-12,14H,5-6,9-10H2,1-4H3,(H,19,21)(H,22,23)/t14-/m0/s1. The van der Waals surface area contributed by atoms with Gasteiger partial charge in [0.15, 0.2) is 0 Å². The number of nitrogens with one attached hydrogen (secondary N) is 1. The molecular weight excluding hydrogens is 294 g/mol. The number of carboxylic acids is 1. The van der Waals surface area contributed by atoms with Crippen LogP contribution in [-0.2, 0) is 4.79 Å². The summed E-state index contributed by atoms with van der Waals surface area (Å²) in [5.41, 5.74) is 0.372. The van der Waals surface area contributed by atoms with Gasteiger partial charge in [-0.25, -0.2) is 9.78 Å². The Bertz CT molecular complexity index is 514. The highest BCUT2D eigenvalue weighted by Crippen LogP contribution is 2.12. The zero-order valence-corrected chi connectivity index (χ0v) is 14.4. The van der Waals surface area contributed by atoms with E-state index in [9.17, 15) is 14.7 Å². The van der Waals surface area contributed by atoms with Crippen molar-refractivity contribution in [2.24, 2.45) is 5.92 Å². The van der Waals surface area contributed by atoms with Gasteiger partial charge in [-0.3, -0.25) is 4.79 Å². The molecule has 6 heteroatoms. The number of anilines is 1. The van der Waals surface area contributed by atoms with E-state index >= 15 is 0 Å². The first-order valence-electron chi connectivity index (χ1n) is 8.13. The zero-order valence-electron chi connectivity index (χ0n) is 14.4. The SMILES string of the molecule is CCCN(CC)c1ccc(C(=O)N[C@@H](CC(C)C)C(=O)O)cn1. The van der Waals surface area contributed by atoms with Crippen molar-refractivity contribution in [3.8, 4) is 0 Å². The minimum Gasteiger partial charge on any atom is -0.480 e. The lowest BCUT2D eigenvalue weighted by molar-refractivity contribution is -0.139. The summed E-state index contributed by atoms with van der Waals surface area (Å²) < 4.78 is 0. The van der Waals surface area contributed by atoms with Gasteiger partial charge in [-0.2, -0.15) is 0 Å². The van der Waals surface area contributed by atoms with Gasteiger partial charge in [-0.15, -0.1) is 0 Å². The Morgan fingerprint density at radius 1 is 1.30 bits per heavy atom. The number of rotatable bonds is 9. The number of nitrogens with zero attached hydrogens (tertiary/aromatic N) is 2. The van der Waals surface area contributed by atoms with Crippen molar-refractivity contribution in [1.82, 2.24) is 10.3 Å². The van der Waals surface area contributed by atoms with Crippen molar-refractivity contribution in [2.45, 2.75) is 46.6 Å². The van der Waals surface area contributed by atoms with Gasteiger partial charge < -0.3 is 15.3 Å². The number of amides is 1. The third-order valence-corrected chi connectivity index (χ3v) is 3.52. The van der Waals surface area contributed by atoms with Gasteiger partial charge in [0.25, 0.3) is 5.91 Å². The maximum Gasteiger partial charge on any atom is 0.326 e. The van der Waals surface area contributed by atoms with Crippen LogP contribution in [0.25, 0.3) is 0 Å². The number of aromatic nitrogens is 1. The third kappa shape index (κ3) is 5.88. The lowest BCUT2D eigenvalue weighted by Gasteiger charge is -2.21. The summed E-state index contributed by atoms with van der Waals surface area (Å²) in [6.07, 6.45) is 2.91. The molecule has 1 aromatic heterocycles. The van der Waals surface area contributed by atoms with E-state index in [0.29, 0.717) is 12.0 Å². The molecule has 0 fully saturated rings. The second kappa shape index (κ2) is 9.12. The summed E-state index contributed by atoms with van der Waals surface area (Å²) >= 11 is 0. The molecule has 0 aromatic carbocycles. The van der Waals surface area contributed by atoms with Crippen LogP contribution >= 0.6 is 0 Å². The summed E-state index contributed by atoms with van der Waals surface area (Å²) in [6.45, 7) is 9.76. The second-order valence-corrected chi connectivity index (χ2v) is 5.98. The molecule has 0 aliphatic rings. The van der Waals surface area contributed by atoms with Crippen LogP contribution in [0.15, 0.2) is 18.3 Å². The highest BCUT2D eigenvalue weighted by atomic mass is 16.4. The predicted molar refractivity (Wildman–Crippen MR) is 90.8 cm³/mol. The van der Waals surface area contributed by atoms with E-state index < -0.39 is 17.9 Å². The van der Waals surface area contributed by atoms with E-state index in [1.165, 1.54) is 6.20 Å². The minimum atomic E-state index is -1.02. The summed E-state index contributed by atoms with van der Waals surface area (Å²) in [6, 6.07) is 2.60. The molecule has 0 saturated heterocycles. The average Bonchev–Trinajstić information content (AvgIpc) is 2.51. The number of hydrogen-bond donors (Lipinski definition) is 2. The molecule has 2 N–H and O–H groups in total. The molecule has 128 valence electrons. The van der Waals surface area contributed by atoms with Gasteiger partial charge in [-0.1, -0.05) is 20.8 Å². The van der Waals surface area contributed by atoms with E-state index in [1.807, 2.05) is 13.8 Å². The van der Waals surface area contributed by atoms with Crippen molar-refractivity contribution in [3.63, 3.8) is 0 Å². The van der Waals surface area contributed by atoms with Crippen LogP contribution in [0, 0.1) is 5.92 Å². The zero-order chi connectivity index (χ0) is 17.4. The van der Waals surface area contributed by atoms with Crippen molar-refractivity contribution < 1.29 is 14.7 Å². The molecule has 0 radical (unpaired) electrons. The number of pyridine rings is 1. The van der Waals surface area contributed by atoms with Crippen LogP contribution in [0.1, 0.15) is 50.9 Å². The highest BCUT2D eigenvalue weighted by molar-refractivity contribution is 5.96. The first-order chi connectivity index (χ1) is 10.9. The Kier molecular flexibility index (Phi) is 7.51. The number of carbonyl (C=O) groups is 2. The lowest BCUT2D eigenvalue weighted by atomic mass is 10.0. The van der Waals surface area contributed by atoms with Gasteiger partial charge in [0.2, 0.25) is 0 Å². The third-order valence-electron chi connectivity index (χ3n) is 3.52. The highest BCUT2D eigenvalue weighted by Gasteiger charge is 2.22. The Labute approximate surface area is 137 Å². The number of aliphatic carboxylic acids is 1. The first-order valence-corrected chi connectivity index (χ1v) is 8.13. The van der Waals surface area contributed by atoms with E-state index in [2.05, 4.69) is 29.0 Å². The molecular formula is C17H27N3O3. The van der Waals surface area contributed by atoms with E-state index in [-0.39, 0.29) is 5.92 Å². The van der Waals surface area contributed by atoms with Gasteiger partial charge in [0.05, 0.1) is 5.56 Å². The Balaban J connectivity index is 2.78. The normalized spacial score (nSPS) is 12.0. The molecule has 0 aliphatic heterocycles. The van der Waals surface area contributed by atoms with Crippen molar-refractivity contribution in [1.29, 1.82) is 0 Å². The quantitative estimate of drug-likeness (QED) is 0.730. The fourth-order valence-electron chi connectivity index (χ4n) is 2.35. The molecule has 1 heterocycles. The van der Waals surface area contributed by atoms with Crippen molar-refractivity contribution >= 4 is 17.7 Å². The first kappa shape index (κ1) is 18.9. The van der Waals surface area contributed by atoms with Crippen LogP contribution in [-0.4, -0.2) is 41.1 Å². The van der Waals surface area contributed by atoms with Gasteiger partial charge >= 0.3 is 5.97 Å². The van der Waals surface area contributed by atoms with E-state index in [4.69, 9.17) is 0 Å². The minimum absolute atomic E-state index is 0.184. The molecule has 0 spiro atoms. The van der Waals surface area contributed by atoms with E-state index in [0.717, 1.165) is 25.3 Å². The van der Waals surface area contributed by atoms with Crippen molar-refractivity contribution in [3.05, 3.63) is 23.9 Å². The maximum atomic E-state index is 12.2. The fraction of sp³-hybridized carbons (Fsp3) is 0.588. The number of carbonyl (C=O) groups excluding carboxylic acids is 1. The maximum absolute atomic E-state index is 12.2. The largest absolute Gasteiger partial charge is 0.480 e. The smallest absolute Gasteiger partial charge is 0.326 e. The van der Waals surface area contributed by atoms with Crippen LogP contribution in [0.4, 0.5) is 5.82 Å². The van der Waals surface area contributed by atoms with Gasteiger partial charge in [0.1, 0.15) is 11.9 Å². The fourth-order valence-corrected chi connectivity index (χ4v) is 2.35. The Hall–Kier alpha value is -2.11. The molecule has 23 heavy (non-hydrogen) atoms. The van der Waals surface area contributed by atoms with Crippen LogP contribution in [0.2, 0.25) is 0 Å². The summed E-state index contributed by atoms with van der Waals surface area (Å²) in [5.74, 6) is -0.417. The lowest BCUT2D eigenvalue weighted by Crippen LogP contribution is -2.41. The molecule has 1 amide bonds. The second-order valence-electron chi connectivity index (χ2n) is 5.98. The molecule has 0 bridgehead atoms. The summed E-state index contributed by atoms with van der Waals surface area (Å²) in [4.78, 5) is 29.9. The van der Waals surface area contributed by atoms with Crippen LogP contribution in [0.5, 0.6) is 0 Å². The molecule has 1 aromatic rings. The van der Waals surface area contributed by atoms with Crippen LogP contribution < -0.4 is 10.2 Å². The average molecular weight is 321 g/mol. The molecule has 0 aliphatic carbocycles. The molecule has 6 nitrogen and oxygen atoms in total. The van der Waals surface area contributed by atoms with Crippen LogP contribution in [0.3, 0.4) is 0 Å². The predicted octanol–water partition coefficient (Wildman–Crippen LogP) is 2.55. The van der Waals surface area contributed by atoms with Gasteiger partial charge in [-0.05, 0) is 37.8 Å². The number of hydrogen-bond acceptors (Lipinski definition) is 4. The molecule has 1 rings (SSSR count). The summed E-state index contributed by atoms with van der Waals surface area (Å²) in [7, 11) is 0. The number of carboxylic acid groups (broad SMARTS) is 1. The monoisotopic (exact) mass is 321 g/mol. The molecule has 1 atom stereocenters. The van der Waals surface area contributed by atoms with Crippen molar-refractivity contribution in [2.75, 3.05) is 18.0 Å². The molecule has 0 unspecified atom stereocenters.